The largest absolute Gasteiger partial charge is 0.357 e. The van der Waals surface area contributed by atoms with E-state index in [1.165, 1.54) is 18.0 Å². The number of anilines is 1. The quantitative estimate of drug-likeness (QED) is 0.362. The Morgan fingerprint density at radius 1 is 0.949 bits per heavy atom. The van der Waals surface area contributed by atoms with Crippen LogP contribution in [0.1, 0.15) is 29.5 Å². The Hall–Kier alpha value is -3.79. The second kappa shape index (κ2) is 13.3. The van der Waals surface area contributed by atoms with Crippen LogP contribution in [-0.4, -0.2) is 51.0 Å². The van der Waals surface area contributed by atoms with Gasteiger partial charge in [-0.1, -0.05) is 54.6 Å². The maximum Gasteiger partial charge on any atom is 0.242 e. The van der Waals surface area contributed by atoms with Crippen molar-refractivity contribution >= 4 is 27.5 Å². The van der Waals surface area contributed by atoms with Crippen LogP contribution in [0, 0.1) is 18.6 Å². The maximum absolute atomic E-state index is 13.8. The summed E-state index contributed by atoms with van der Waals surface area (Å²) in [5.41, 5.74) is 2.70. The third kappa shape index (κ3) is 8.10. The highest BCUT2D eigenvalue weighted by Crippen LogP contribution is 2.22. The number of sulfonamides is 1. The van der Waals surface area contributed by atoms with Gasteiger partial charge in [-0.15, -0.1) is 0 Å². The molecule has 0 saturated heterocycles. The minimum Gasteiger partial charge on any atom is -0.357 e. The van der Waals surface area contributed by atoms with Gasteiger partial charge in [-0.2, -0.15) is 0 Å². The molecule has 0 unspecified atom stereocenters. The summed E-state index contributed by atoms with van der Waals surface area (Å²) in [6, 6.07) is 19.0. The van der Waals surface area contributed by atoms with Crippen LogP contribution in [0.2, 0.25) is 0 Å². The lowest BCUT2D eigenvalue weighted by molar-refractivity contribution is -0.141. The molecule has 0 saturated carbocycles. The average Bonchev–Trinajstić information content (AvgIpc) is 2.90. The van der Waals surface area contributed by atoms with E-state index in [0.29, 0.717) is 6.42 Å². The Morgan fingerprint density at radius 3 is 2.23 bits per heavy atom. The van der Waals surface area contributed by atoms with Crippen LogP contribution in [-0.2, 0) is 32.6 Å². The smallest absolute Gasteiger partial charge is 0.242 e. The fraction of sp³-hybridized carbons (Fsp3) is 0.310. The zero-order valence-corrected chi connectivity index (χ0v) is 23.0. The fourth-order valence-electron chi connectivity index (χ4n) is 4.34. The van der Waals surface area contributed by atoms with Gasteiger partial charge in [0.15, 0.2) is 11.6 Å². The molecule has 208 valence electrons. The summed E-state index contributed by atoms with van der Waals surface area (Å²) in [4.78, 5) is 28.2. The summed E-state index contributed by atoms with van der Waals surface area (Å²) in [7, 11) is -2.32. The number of amides is 2. The highest BCUT2D eigenvalue weighted by molar-refractivity contribution is 7.92. The first-order valence-corrected chi connectivity index (χ1v) is 14.4. The summed E-state index contributed by atoms with van der Waals surface area (Å²) in [6.45, 7) is 1.99. The van der Waals surface area contributed by atoms with Gasteiger partial charge in [-0.05, 0) is 42.2 Å². The van der Waals surface area contributed by atoms with Crippen molar-refractivity contribution in [2.75, 3.05) is 24.2 Å². The van der Waals surface area contributed by atoms with Gasteiger partial charge in [-0.25, -0.2) is 17.2 Å². The van der Waals surface area contributed by atoms with E-state index in [-0.39, 0.29) is 43.4 Å². The molecule has 0 aliphatic rings. The second-order valence-corrected chi connectivity index (χ2v) is 11.2. The van der Waals surface area contributed by atoms with E-state index in [1.807, 2.05) is 61.5 Å². The highest BCUT2D eigenvalue weighted by Gasteiger charge is 2.30. The van der Waals surface area contributed by atoms with Crippen molar-refractivity contribution in [3.05, 3.63) is 101 Å². The van der Waals surface area contributed by atoms with Crippen molar-refractivity contribution < 1.29 is 26.8 Å². The summed E-state index contributed by atoms with van der Waals surface area (Å²) in [6.07, 6.45) is 1.29. The zero-order valence-electron chi connectivity index (χ0n) is 22.2. The van der Waals surface area contributed by atoms with Crippen LogP contribution in [0.15, 0.2) is 72.8 Å². The van der Waals surface area contributed by atoms with Gasteiger partial charge < -0.3 is 10.2 Å². The molecule has 3 aromatic carbocycles. The third-order valence-corrected chi connectivity index (χ3v) is 7.66. The van der Waals surface area contributed by atoms with Crippen LogP contribution < -0.4 is 9.62 Å². The van der Waals surface area contributed by atoms with Crippen molar-refractivity contribution in [2.24, 2.45) is 0 Å². The van der Waals surface area contributed by atoms with E-state index in [0.717, 1.165) is 39.4 Å². The minimum atomic E-state index is -3.84. The van der Waals surface area contributed by atoms with Crippen molar-refractivity contribution in [3.63, 3.8) is 0 Å². The molecule has 1 N–H and O–H groups in total. The molecule has 0 aliphatic carbocycles. The Balaban J connectivity index is 1.86. The molecule has 0 aromatic heterocycles. The molecule has 0 fully saturated rings. The molecule has 39 heavy (non-hydrogen) atoms. The van der Waals surface area contributed by atoms with Crippen molar-refractivity contribution in [1.29, 1.82) is 0 Å². The molecule has 0 radical (unpaired) electrons. The monoisotopic (exact) mass is 557 g/mol. The number of carbonyl (C=O) groups excluding carboxylic acids is 2. The van der Waals surface area contributed by atoms with E-state index >= 15 is 0 Å². The predicted molar refractivity (Wildman–Crippen MR) is 148 cm³/mol. The molecule has 1 atom stereocenters. The Morgan fingerprint density at radius 2 is 1.62 bits per heavy atom. The molecule has 7 nitrogen and oxygen atoms in total. The van der Waals surface area contributed by atoms with E-state index in [1.54, 1.807) is 0 Å². The van der Waals surface area contributed by atoms with E-state index in [4.69, 9.17) is 0 Å². The molecule has 3 aromatic rings. The van der Waals surface area contributed by atoms with Gasteiger partial charge in [0.25, 0.3) is 0 Å². The molecule has 0 heterocycles. The third-order valence-electron chi connectivity index (χ3n) is 6.46. The Labute approximate surface area is 228 Å². The molecule has 0 spiro atoms. The van der Waals surface area contributed by atoms with Crippen molar-refractivity contribution in [3.8, 4) is 0 Å². The first kappa shape index (κ1) is 29.8. The van der Waals surface area contributed by atoms with Crippen LogP contribution >= 0.6 is 0 Å². The number of benzene rings is 3. The number of rotatable bonds is 12. The second-order valence-electron chi connectivity index (χ2n) is 9.30. The number of likely N-dealkylation sites (N-methyl/N-ethyl adjacent to an activating group) is 1. The number of nitrogens with zero attached hydrogens (tertiary/aromatic N) is 2. The van der Waals surface area contributed by atoms with E-state index in [2.05, 4.69) is 5.32 Å². The van der Waals surface area contributed by atoms with Gasteiger partial charge in [0.05, 0.1) is 11.9 Å². The molecular weight excluding hydrogens is 524 g/mol. The number of hydrogen-bond donors (Lipinski definition) is 1. The average molecular weight is 558 g/mol. The lowest BCUT2D eigenvalue weighted by Gasteiger charge is -2.32. The van der Waals surface area contributed by atoms with Crippen molar-refractivity contribution in [2.45, 2.75) is 38.8 Å². The Kier molecular flexibility index (Phi) is 10.2. The van der Waals surface area contributed by atoms with E-state index in [9.17, 15) is 26.8 Å². The van der Waals surface area contributed by atoms with Crippen LogP contribution in [0.4, 0.5) is 14.5 Å². The standard InChI is InChI=1S/C29H33F2N3O4S/c1-21-10-7-8-13-23(21)20-33(27(29(36)32-2)18-22-11-5-4-6-12-22)28(35)14-9-17-34(39(3,37)38)24-15-16-25(30)26(31)19-24/h4-8,10-13,15-16,19,27H,9,14,17-18,20H2,1-3H3,(H,32,36)/t27-/m0/s1. The predicted octanol–water partition coefficient (Wildman–Crippen LogP) is 4.21. The molecular formula is C29H33F2N3O4S. The van der Waals surface area contributed by atoms with Gasteiger partial charge in [-0.3, -0.25) is 13.9 Å². The highest BCUT2D eigenvalue weighted by atomic mass is 32.2. The topological polar surface area (TPSA) is 86.8 Å². The lowest BCUT2D eigenvalue weighted by atomic mass is 10.0. The molecule has 3 rings (SSSR count). The number of nitrogens with one attached hydrogen (secondary N) is 1. The van der Waals surface area contributed by atoms with Crippen LogP contribution in [0.25, 0.3) is 0 Å². The van der Waals surface area contributed by atoms with Gasteiger partial charge in [0, 0.05) is 39.0 Å². The normalized spacial score (nSPS) is 12.0. The molecule has 10 heteroatoms. The van der Waals surface area contributed by atoms with Crippen molar-refractivity contribution in [1.82, 2.24) is 10.2 Å². The first-order valence-electron chi connectivity index (χ1n) is 12.5. The van der Waals surface area contributed by atoms with Crippen LogP contribution in [0.3, 0.4) is 0 Å². The van der Waals surface area contributed by atoms with E-state index < -0.39 is 27.7 Å². The number of carbonyl (C=O) groups is 2. The molecule has 0 bridgehead atoms. The molecule has 2 amide bonds. The summed E-state index contributed by atoms with van der Waals surface area (Å²) < 4.78 is 53.0. The number of hydrogen-bond acceptors (Lipinski definition) is 4. The van der Waals surface area contributed by atoms with Gasteiger partial charge >= 0.3 is 0 Å². The fourth-order valence-corrected chi connectivity index (χ4v) is 5.29. The minimum absolute atomic E-state index is 0.0343. The summed E-state index contributed by atoms with van der Waals surface area (Å²) in [5.74, 6) is -2.91. The molecule has 0 aliphatic heterocycles. The van der Waals surface area contributed by atoms with Gasteiger partial charge in [0.1, 0.15) is 6.04 Å². The lowest BCUT2D eigenvalue weighted by Crippen LogP contribution is -2.50. The maximum atomic E-state index is 13.8. The number of halogens is 2. The summed E-state index contributed by atoms with van der Waals surface area (Å²) >= 11 is 0. The SMILES string of the molecule is CNC(=O)[C@H](Cc1ccccc1)N(Cc1ccccc1C)C(=O)CCCN(c1ccc(F)c(F)c1)S(C)(=O)=O. The zero-order chi connectivity index (χ0) is 28.6. The number of aryl methyl sites for hydroxylation is 1. The van der Waals surface area contributed by atoms with Gasteiger partial charge in [0.2, 0.25) is 21.8 Å². The van der Waals surface area contributed by atoms with Crippen LogP contribution in [0.5, 0.6) is 0 Å². The Bertz CT molecular complexity index is 1400. The summed E-state index contributed by atoms with van der Waals surface area (Å²) in [5, 5.41) is 2.66. The first-order chi connectivity index (χ1) is 18.5.